The minimum absolute atomic E-state index is 0.0756. The predicted molar refractivity (Wildman–Crippen MR) is 100 cm³/mol. The van der Waals surface area contributed by atoms with Crippen LogP contribution in [0.25, 0.3) is 11.4 Å². The Labute approximate surface area is 153 Å². The second-order valence-electron chi connectivity index (χ2n) is 7.09. The number of hydrogen-bond donors (Lipinski definition) is 2. The van der Waals surface area contributed by atoms with Gasteiger partial charge < -0.3 is 20.5 Å². The molecule has 0 aliphatic carbocycles. The van der Waals surface area contributed by atoms with Crippen LogP contribution in [0.3, 0.4) is 0 Å². The normalized spacial score (nSPS) is 15.9. The Bertz CT molecular complexity index is 720. The minimum Gasteiger partial charge on any atom is -0.372 e. The first-order valence-electron chi connectivity index (χ1n) is 9.26. The van der Waals surface area contributed by atoms with E-state index < -0.39 is 6.04 Å². The van der Waals surface area contributed by atoms with Crippen LogP contribution in [0.5, 0.6) is 0 Å². The average molecular weight is 357 g/mol. The van der Waals surface area contributed by atoms with Crippen molar-refractivity contribution >= 4 is 11.6 Å². The summed E-state index contributed by atoms with van der Waals surface area (Å²) in [7, 11) is 0. The Morgan fingerprint density at radius 3 is 2.58 bits per heavy atom. The molecule has 1 aromatic heterocycles. The number of anilines is 1. The first kappa shape index (κ1) is 18.4. The SMILES string of the molecule is CC(C)[C@H](N)C(=O)NCc1nc(-c2ccc(N3CCCCC3)cc2)no1. The van der Waals surface area contributed by atoms with Gasteiger partial charge in [0.05, 0.1) is 12.6 Å². The van der Waals surface area contributed by atoms with Crippen LogP contribution in [0.1, 0.15) is 39.0 Å². The zero-order chi connectivity index (χ0) is 18.5. The van der Waals surface area contributed by atoms with Gasteiger partial charge >= 0.3 is 0 Å². The van der Waals surface area contributed by atoms with Crippen molar-refractivity contribution in [2.45, 2.75) is 45.7 Å². The maximum atomic E-state index is 11.9. The van der Waals surface area contributed by atoms with Crippen molar-refractivity contribution in [1.29, 1.82) is 0 Å². The van der Waals surface area contributed by atoms with Crippen LogP contribution >= 0.6 is 0 Å². The molecule has 0 bridgehead atoms. The van der Waals surface area contributed by atoms with Crippen molar-refractivity contribution in [3.05, 3.63) is 30.2 Å². The molecule has 0 unspecified atom stereocenters. The quantitative estimate of drug-likeness (QED) is 0.823. The molecule has 2 aromatic rings. The van der Waals surface area contributed by atoms with Gasteiger partial charge in [0, 0.05) is 24.3 Å². The summed E-state index contributed by atoms with van der Waals surface area (Å²) in [5.74, 6) is 0.745. The molecule has 7 heteroatoms. The standard InChI is InChI=1S/C19H27N5O2/c1-13(2)17(20)19(25)21-12-16-22-18(23-26-16)14-6-8-15(9-7-14)24-10-4-3-5-11-24/h6-9,13,17H,3-5,10-12,20H2,1-2H3,(H,21,25)/t17-/m0/s1. The Balaban J connectivity index is 1.59. The lowest BCUT2D eigenvalue weighted by Crippen LogP contribution is -2.43. The van der Waals surface area contributed by atoms with E-state index >= 15 is 0 Å². The van der Waals surface area contributed by atoms with E-state index in [0.29, 0.717) is 11.7 Å². The predicted octanol–water partition coefficient (Wildman–Crippen LogP) is 2.33. The van der Waals surface area contributed by atoms with Gasteiger partial charge in [-0.1, -0.05) is 19.0 Å². The lowest BCUT2D eigenvalue weighted by molar-refractivity contribution is -0.123. The molecule has 1 fully saturated rings. The second kappa shape index (κ2) is 8.31. The molecule has 1 aliphatic rings. The number of rotatable bonds is 6. The molecule has 1 saturated heterocycles. The average Bonchev–Trinajstić information content (AvgIpc) is 3.15. The fourth-order valence-corrected chi connectivity index (χ4v) is 3.00. The smallest absolute Gasteiger partial charge is 0.246 e. The molecule has 26 heavy (non-hydrogen) atoms. The molecule has 3 N–H and O–H groups in total. The lowest BCUT2D eigenvalue weighted by Gasteiger charge is -2.28. The largest absolute Gasteiger partial charge is 0.372 e. The van der Waals surface area contributed by atoms with Gasteiger partial charge in [-0.3, -0.25) is 4.79 Å². The number of nitrogens with zero attached hydrogens (tertiary/aromatic N) is 3. The van der Waals surface area contributed by atoms with Gasteiger partial charge in [-0.2, -0.15) is 4.98 Å². The van der Waals surface area contributed by atoms with E-state index in [1.54, 1.807) is 0 Å². The number of carbonyl (C=O) groups excluding carboxylic acids is 1. The number of nitrogens with two attached hydrogens (primary N) is 1. The van der Waals surface area contributed by atoms with Crippen LogP contribution in [0.4, 0.5) is 5.69 Å². The molecule has 1 aliphatic heterocycles. The van der Waals surface area contributed by atoms with Gasteiger partial charge in [0.1, 0.15) is 0 Å². The topological polar surface area (TPSA) is 97.3 Å². The number of piperidine rings is 1. The molecule has 7 nitrogen and oxygen atoms in total. The van der Waals surface area contributed by atoms with E-state index in [1.165, 1.54) is 24.9 Å². The number of benzene rings is 1. The minimum atomic E-state index is -0.542. The Kier molecular flexibility index (Phi) is 5.88. The lowest BCUT2D eigenvalue weighted by atomic mass is 10.1. The maximum Gasteiger partial charge on any atom is 0.246 e. The summed E-state index contributed by atoms with van der Waals surface area (Å²) in [5, 5.41) is 6.73. The Morgan fingerprint density at radius 1 is 1.23 bits per heavy atom. The molecule has 3 rings (SSSR count). The summed E-state index contributed by atoms with van der Waals surface area (Å²) < 4.78 is 5.23. The van der Waals surface area contributed by atoms with Crippen LogP contribution in [-0.2, 0) is 11.3 Å². The van der Waals surface area contributed by atoms with Crippen molar-refractivity contribution in [3.8, 4) is 11.4 Å². The number of hydrogen-bond acceptors (Lipinski definition) is 6. The van der Waals surface area contributed by atoms with Gasteiger partial charge in [0.15, 0.2) is 0 Å². The number of aromatic nitrogens is 2. The Morgan fingerprint density at radius 2 is 1.92 bits per heavy atom. The molecule has 0 saturated carbocycles. The van der Waals surface area contributed by atoms with Crippen molar-refractivity contribution in [1.82, 2.24) is 15.5 Å². The van der Waals surface area contributed by atoms with E-state index in [1.807, 2.05) is 26.0 Å². The highest BCUT2D eigenvalue weighted by Crippen LogP contribution is 2.23. The van der Waals surface area contributed by atoms with Crippen LogP contribution in [0.2, 0.25) is 0 Å². The molecule has 0 spiro atoms. The molecule has 1 atom stereocenters. The summed E-state index contributed by atoms with van der Waals surface area (Å²) in [6, 6.07) is 7.66. The summed E-state index contributed by atoms with van der Waals surface area (Å²) in [5.41, 5.74) is 7.94. The van der Waals surface area contributed by atoms with Crippen molar-refractivity contribution < 1.29 is 9.32 Å². The third kappa shape index (κ3) is 4.40. The van der Waals surface area contributed by atoms with Gasteiger partial charge in [-0.15, -0.1) is 0 Å². The number of carbonyl (C=O) groups is 1. The first-order valence-corrected chi connectivity index (χ1v) is 9.26. The third-order valence-corrected chi connectivity index (χ3v) is 4.75. The van der Waals surface area contributed by atoms with Crippen molar-refractivity contribution in [2.75, 3.05) is 18.0 Å². The van der Waals surface area contributed by atoms with E-state index in [-0.39, 0.29) is 18.4 Å². The van der Waals surface area contributed by atoms with Gasteiger partial charge in [0.25, 0.3) is 0 Å². The van der Waals surface area contributed by atoms with Gasteiger partial charge in [0.2, 0.25) is 17.6 Å². The zero-order valence-corrected chi connectivity index (χ0v) is 15.4. The fraction of sp³-hybridized carbons (Fsp3) is 0.526. The number of amides is 1. The molecular weight excluding hydrogens is 330 g/mol. The van der Waals surface area contributed by atoms with Crippen LogP contribution in [-0.4, -0.2) is 35.2 Å². The van der Waals surface area contributed by atoms with E-state index in [0.717, 1.165) is 18.7 Å². The molecule has 140 valence electrons. The molecular formula is C19H27N5O2. The summed E-state index contributed by atoms with van der Waals surface area (Å²) in [6.07, 6.45) is 3.82. The third-order valence-electron chi connectivity index (χ3n) is 4.75. The zero-order valence-electron chi connectivity index (χ0n) is 15.4. The highest BCUT2D eigenvalue weighted by atomic mass is 16.5. The van der Waals surface area contributed by atoms with Crippen LogP contribution < -0.4 is 16.0 Å². The highest BCUT2D eigenvalue weighted by molar-refractivity contribution is 5.81. The number of nitrogens with one attached hydrogen (secondary N) is 1. The summed E-state index contributed by atoms with van der Waals surface area (Å²) >= 11 is 0. The van der Waals surface area contributed by atoms with E-state index in [9.17, 15) is 4.79 Å². The molecule has 2 heterocycles. The van der Waals surface area contributed by atoms with E-state index in [4.69, 9.17) is 10.3 Å². The van der Waals surface area contributed by atoms with E-state index in [2.05, 4.69) is 32.5 Å². The summed E-state index contributed by atoms with van der Waals surface area (Å²) in [4.78, 5) is 18.6. The second-order valence-corrected chi connectivity index (χ2v) is 7.09. The molecule has 1 amide bonds. The van der Waals surface area contributed by atoms with Crippen molar-refractivity contribution in [3.63, 3.8) is 0 Å². The summed E-state index contributed by atoms with van der Waals surface area (Å²) in [6.45, 7) is 6.22. The first-order chi connectivity index (χ1) is 12.5. The fourth-order valence-electron chi connectivity index (χ4n) is 3.00. The molecule has 1 aromatic carbocycles. The van der Waals surface area contributed by atoms with Gasteiger partial charge in [-0.25, -0.2) is 0 Å². The van der Waals surface area contributed by atoms with Crippen molar-refractivity contribution in [2.24, 2.45) is 11.7 Å². The Hall–Kier alpha value is -2.41. The monoisotopic (exact) mass is 357 g/mol. The van der Waals surface area contributed by atoms with Crippen LogP contribution in [0, 0.1) is 5.92 Å². The van der Waals surface area contributed by atoms with Gasteiger partial charge in [-0.05, 0) is 49.4 Å². The maximum absolute atomic E-state index is 11.9. The molecule has 0 radical (unpaired) electrons. The highest BCUT2D eigenvalue weighted by Gasteiger charge is 2.18. The van der Waals surface area contributed by atoms with Crippen LogP contribution in [0.15, 0.2) is 28.8 Å².